The summed E-state index contributed by atoms with van der Waals surface area (Å²) >= 11 is 8.01. The van der Waals surface area contributed by atoms with Crippen molar-refractivity contribution in [2.24, 2.45) is 5.73 Å². The first-order valence-corrected chi connectivity index (χ1v) is 5.77. The van der Waals surface area contributed by atoms with Crippen molar-refractivity contribution in [3.05, 3.63) is 32.4 Å². The second-order valence-electron chi connectivity index (χ2n) is 3.08. The largest absolute Gasteiger partial charge is 0.468 e. The molecular weight excluding hydrogens is 364 g/mol. The minimum absolute atomic E-state index is 0. The Morgan fingerprint density at radius 3 is 2.75 bits per heavy atom. The molecule has 0 amide bonds. The predicted octanol–water partition coefficient (Wildman–Crippen LogP) is 2.41. The van der Waals surface area contributed by atoms with E-state index in [0.29, 0.717) is 11.4 Å². The first kappa shape index (κ1) is 16.0. The normalized spacial score (nSPS) is 11.5. The van der Waals surface area contributed by atoms with Crippen LogP contribution in [0.15, 0.2) is 18.2 Å². The van der Waals surface area contributed by atoms with Gasteiger partial charge in [-0.1, -0.05) is 17.7 Å². The molecular formula is C10H12Cl2INO2. The lowest BCUT2D eigenvalue weighted by atomic mass is 10.1. The molecule has 0 bridgehead atoms. The molecule has 3 nitrogen and oxygen atoms in total. The van der Waals surface area contributed by atoms with Gasteiger partial charge >= 0.3 is 5.97 Å². The summed E-state index contributed by atoms with van der Waals surface area (Å²) in [5.41, 5.74) is 6.61. The highest BCUT2D eigenvalue weighted by Crippen LogP contribution is 2.20. The second-order valence-corrected chi connectivity index (χ2v) is 4.65. The van der Waals surface area contributed by atoms with Crippen LogP contribution in [0.1, 0.15) is 5.56 Å². The van der Waals surface area contributed by atoms with Crippen molar-refractivity contribution in [1.29, 1.82) is 0 Å². The first-order valence-electron chi connectivity index (χ1n) is 4.32. The maximum atomic E-state index is 11.1. The van der Waals surface area contributed by atoms with Crippen LogP contribution < -0.4 is 5.73 Å². The average Bonchev–Trinajstić information content (AvgIpc) is 2.22. The smallest absolute Gasteiger partial charge is 0.322 e. The Balaban J connectivity index is 0.00000225. The van der Waals surface area contributed by atoms with E-state index in [1.165, 1.54) is 7.11 Å². The highest BCUT2D eigenvalue weighted by Gasteiger charge is 2.14. The van der Waals surface area contributed by atoms with Crippen LogP contribution in [0.3, 0.4) is 0 Å². The summed E-state index contributed by atoms with van der Waals surface area (Å²) < 4.78 is 5.49. The number of ether oxygens (including phenoxy) is 1. The molecule has 0 aliphatic rings. The summed E-state index contributed by atoms with van der Waals surface area (Å²) in [7, 11) is 1.33. The molecule has 0 heterocycles. The molecule has 90 valence electrons. The highest BCUT2D eigenvalue weighted by molar-refractivity contribution is 14.1. The summed E-state index contributed by atoms with van der Waals surface area (Å²) in [4.78, 5) is 11.1. The Kier molecular flexibility index (Phi) is 7.30. The van der Waals surface area contributed by atoms with Gasteiger partial charge in [-0.3, -0.25) is 4.79 Å². The summed E-state index contributed by atoms with van der Waals surface area (Å²) in [6, 6.07) is 4.94. The molecule has 0 fully saturated rings. The molecule has 1 aromatic carbocycles. The molecule has 0 spiro atoms. The van der Waals surface area contributed by atoms with Crippen LogP contribution in [0.4, 0.5) is 0 Å². The van der Waals surface area contributed by atoms with Crippen molar-refractivity contribution < 1.29 is 9.53 Å². The van der Waals surface area contributed by atoms with Crippen LogP contribution in [-0.2, 0) is 16.0 Å². The third-order valence-corrected chi connectivity index (χ3v) is 3.48. The van der Waals surface area contributed by atoms with E-state index in [4.69, 9.17) is 17.3 Å². The monoisotopic (exact) mass is 375 g/mol. The van der Waals surface area contributed by atoms with Crippen LogP contribution in [0.2, 0.25) is 5.02 Å². The first-order chi connectivity index (χ1) is 7.04. The number of carbonyl (C=O) groups is 1. The van der Waals surface area contributed by atoms with Gasteiger partial charge in [0.1, 0.15) is 6.04 Å². The fraction of sp³-hybridized carbons (Fsp3) is 0.300. The zero-order valence-corrected chi connectivity index (χ0v) is 12.3. The van der Waals surface area contributed by atoms with Crippen molar-refractivity contribution in [2.75, 3.05) is 7.11 Å². The van der Waals surface area contributed by atoms with Crippen LogP contribution >= 0.6 is 46.6 Å². The number of carbonyl (C=O) groups excluding carboxylic acids is 1. The Morgan fingerprint density at radius 1 is 1.62 bits per heavy atom. The number of rotatable bonds is 3. The van der Waals surface area contributed by atoms with Crippen molar-refractivity contribution >= 4 is 52.6 Å². The number of esters is 1. The van der Waals surface area contributed by atoms with E-state index in [1.807, 2.05) is 12.1 Å². The average molecular weight is 376 g/mol. The van der Waals surface area contributed by atoms with Gasteiger partial charge in [0.05, 0.1) is 12.1 Å². The molecule has 1 unspecified atom stereocenters. The lowest BCUT2D eigenvalue weighted by Crippen LogP contribution is -2.33. The van der Waals surface area contributed by atoms with Gasteiger partial charge in [-0.25, -0.2) is 0 Å². The number of hydrogen-bond donors (Lipinski definition) is 1. The van der Waals surface area contributed by atoms with Gasteiger partial charge in [-0.2, -0.15) is 0 Å². The van der Waals surface area contributed by atoms with Crippen LogP contribution in [0.25, 0.3) is 0 Å². The van der Waals surface area contributed by atoms with Crippen molar-refractivity contribution in [2.45, 2.75) is 12.5 Å². The number of methoxy groups -OCH3 is 1. The Hall–Kier alpha value is -0.0400. The summed E-state index contributed by atoms with van der Waals surface area (Å²) in [6.45, 7) is 0. The molecule has 1 aromatic rings. The summed E-state index contributed by atoms with van der Waals surface area (Å²) in [5, 5.41) is 0.700. The molecule has 16 heavy (non-hydrogen) atoms. The maximum Gasteiger partial charge on any atom is 0.322 e. The van der Waals surface area contributed by atoms with Crippen LogP contribution in [-0.4, -0.2) is 19.1 Å². The number of nitrogens with two attached hydrogens (primary N) is 1. The molecule has 0 saturated heterocycles. The molecule has 0 aliphatic heterocycles. The van der Waals surface area contributed by atoms with Gasteiger partial charge in [-0.15, -0.1) is 12.4 Å². The molecule has 0 aromatic heterocycles. The third kappa shape index (κ3) is 4.45. The molecule has 0 aliphatic carbocycles. The SMILES string of the molecule is COC(=O)C(N)Cc1ccc(Cl)c(I)c1.Cl. The molecule has 6 heteroatoms. The highest BCUT2D eigenvalue weighted by atomic mass is 127. The molecule has 1 rings (SSSR count). The molecule has 2 N–H and O–H groups in total. The van der Waals surface area contributed by atoms with E-state index in [2.05, 4.69) is 27.3 Å². The van der Waals surface area contributed by atoms with E-state index in [9.17, 15) is 4.79 Å². The Bertz CT molecular complexity index is 374. The quantitative estimate of drug-likeness (QED) is 0.652. The fourth-order valence-corrected chi connectivity index (χ4v) is 1.85. The zero-order valence-electron chi connectivity index (χ0n) is 8.57. The van der Waals surface area contributed by atoms with Gasteiger partial charge < -0.3 is 10.5 Å². The topological polar surface area (TPSA) is 52.3 Å². The number of halogens is 3. The molecule has 0 saturated carbocycles. The molecule has 1 atom stereocenters. The lowest BCUT2D eigenvalue weighted by molar-refractivity contribution is -0.142. The minimum atomic E-state index is -0.619. The Labute approximate surface area is 119 Å². The second kappa shape index (κ2) is 7.32. The van der Waals surface area contributed by atoms with E-state index in [-0.39, 0.29) is 12.4 Å². The van der Waals surface area contributed by atoms with E-state index >= 15 is 0 Å². The van der Waals surface area contributed by atoms with Gasteiger partial charge in [0.25, 0.3) is 0 Å². The number of hydrogen-bond acceptors (Lipinski definition) is 3. The van der Waals surface area contributed by atoms with Gasteiger partial charge in [0.2, 0.25) is 0 Å². The predicted molar refractivity (Wildman–Crippen MR) is 75.1 cm³/mol. The zero-order chi connectivity index (χ0) is 11.4. The summed E-state index contributed by atoms with van der Waals surface area (Å²) in [5.74, 6) is -0.403. The lowest BCUT2D eigenvalue weighted by Gasteiger charge is -2.09. The van der Waals surface area contributed by atoms with E-state index in [0.717, 1.165) is 9.13 Å². The number of benzene rings is 1. The van der Waals surface area contributed by atoms with Gasteiger partial charge in [-0.05, 0) is 46.7 Å². The van der Waals surface area contributed by atoms with Gasteiger partial charge in [0.15, 0.2) is 0 Å². The van der Waals surface area contributed by atoms with Crippen LogP contribution in [0.5, 0.6) is 0 Å². The van der Waals surface area contributed by atoms with Crippen molar-refractivity contribution in [1.82, 2.24) is 0 Å². The van der Waals surface area contributed by atoms with Crippen molar-refractivity contribution in [3.8, 4) is 0 Å². The Morgan fingerprint density at radius 2 is 2.25 bits per heavy atom. The van der Waals surface area contributed by atoms with Gasteiger partial charge in [0, 0.05) is 3.57 Å². The third-order valence-electron chi connectivity index (χ3n) is 1.94. The van der Waals surface area contributed by atoms with Crippen molar-refractivity contribution in [3.63, 3.8) is 0 Å². The van der Waals surface area contributed by atoms with E-state index in [1.54, 1.807) is 6.07 Å². The maximum absolute atomic E-state index is 11.1. The standard InChI is InChI=1S/C10H11ClINO2.ClH/c1-15-10(14)9(13)5-6-2-3-7(11)8(12)4-6;/h2-4,9H,5,13H2,1H3;1H. The minimum Gasteiger partial charge on any atom is -0.468 e. The van der Waals surface area contributed by atoms with E-state index < -0.39 is 12.0 Å². The fourth-order valence-electron chi connectivity index (χ4n) is 1.16. The summed E-state index contributed by atoms with van der Waals surface area (Å²) in [6.07, 6.45) is 0.458. The van der Waals surface area contributed by atoms with Crippen LogP contribution in [0, 0.1) is 3.57 Å². The molecule has 0 radical (unpaired) electrons.